The Hall–Kier alpha value is -1.59. The maximum atomic E-state index is 13.4. The van der Waals surface area contributed by atoms with Crippen LogP contribution in [0.3, 0.4) is 0 Å². The van der Waals surface area contributed by atoms with Gasteiger partial charge in [-0.1, -0.05) is 0 Å². The van der Waals surface area contributed by atoms with Crippen LogP contribution in [-0.4, -0.2) is 55.0 Å². The fourth-order valence-corrected chi connectivity index (χ4v) is 1.82. The van der Waals surface area contributed by atoms with Crippen LogP contribution < -0.4 is 11.2 Å². The van der Waals surface area contributed by atoms with E-state index >= 15 is 0 Å². The van der Waals surface area contributed by atoms with Crippen molar-refractivity contribution in [2.45, 2.75) is 24.5 Å². The predicted octanol–water partition coefficient (Wildman–Crippen LogP) is -2.20. The van der Waals surface area contributed by atoms with E-state index in [-0.39, 0.29) is 0 Å². The van der Waals surface area contributed by atoms with Crippen LogP contribution in [0.25, 0.3) is 0 Å². The molecule has 0 saturated carbocycles. The van der Waals surface area contributed by atoms with E-state index in [4.69, 9.17) is 15.1 Å². The number of nitrogens with zero attached hydrogens (tertiary/aromatic N) is 2. The molecule has 1 aromatic rings. The molecule has 2 heterocycles. The van der Waals surface area contributed by atoms with Crippen molar-refractivity contribution in [2.24, 2.45) is 0 Å². The second kappa shape index (κ2) is 5.19. The quantitative estimate of drug-likeness (QED) is 0.392. The van der Waals surface area contributed by atoms with Gasteiger partial charge < -0.3 is 20.1 Å². The number of ether oxygens (including phenoxy) is 1. The third-order valence-electron chi connectivity index (χ3n) is 2.80. The second-order valence-corrected chi connectivity index (χ2v) is 3.97. The summed E-state index contributed by atoms with van der Waals surface area (Å²) in [5.41, 5.74) is 0.395. The standard InChI is InChI=1S/C9H12FN3O6/c10-3-1-13(9(17)11-7(3)12-18)8-6(16)5(15)4(2-14)19-8/h1,4-6,8,14-16,18H,2H2,(H,11,12,17)/t4-,5-,6-,8-/m1/s1. The molecule has 10 heteroatoms. The van der Waals surface area contributed by atoms with Crippen LogP contribution in [0.15, 0.2) is 11.0 Å². The molecule has 0 aromatic carbocycles. The molecule has 1 aromatic heterocycles. The average Bonchev–Trinajstić information content (AvgIpc) is 2.68. The van der Waals surface area contributed by atoms with Crippen molar-refractivity contribution in [1.29, 1.82) is 0 Å². The zero-order chi connectivity index (χ0) is 14.2. The number of aromatic nitrogens is 2. The van der Waals surface area contributed by atoms with Crippen molar-refractivity contribution in [1.82, 2.24) is 9.55 Å². The Morgan fingerprint density at radius 1 is 1.47 bits per heavy atom. The van der Waals surface area contributed by atoms with Crippen LogP contribution in [-0.2, 0) is 4.74 Å². The summed E-state index contributed by atoms with van der Waals surface area (Å²) in [7, 11) is 0. The highest BCUT2D eigenvalue weighted by atomic mass is 19.1. The molecule has 1 aliphatic heterocycles. The largest absolute Gasteiger partial charge is 0.394 e. The van der Waals surface area contributed by atoms with E-state index in [1.54, 1.807) is 0 Å². The van der Waals surface area contributed by atoms with Crippen molar-refractivity contribution >= 4 is 5.82 Å². The lowest BCUT2D eigenvalue weighted by atomic mass is 10.1. The minimum Gasteiger partial charge on any atom is -0.394 e. The smallest absolute Gasteiger partial charge is 0.351 e. The highest BCUT2D eigenvalue weighted by molar-refractivity contribution is 5.30. The first-order valence-electron chi connectivity index (χ1n) is 5.30. The lowest BCUT2D eigenvalue weighted by molar-refractivity contribution is -0.0553. The first kappa shape index (κ1) is 13.8. The van der Waals surface area contributed by atoms with E-state index in [0.717, 1.165) is 0 Å². The van der Waals surface area contributed by atoms with Gasteiger partial charge in [0.05, 0.1) is 12.8 Å². The molecule has 19 heavy (non-hydrogen) atoms. The fourth-order valence-electron chi connectivity index (χ4n) is 1.82. The summed E-state index contributed by atoms with van der Waals surface area (Å²) in [6.45, 7) is -0.574. The molecule has 0 aliphatic carbocycles. The van der Waals surface area contributed by atoms with Gasteiger partial charge in [-0.2, -0.15) is 4.98 Å². The van der Waals surface area contributed by atoms with Crippen LogP contribution in [0.2, 0.25) is 0 Å². The molecule has 1 saturated heterocycles. The maximum absolute atomic E-state index is 13.4. The summed E-state index contributed by atoms with van der Waals surface area (Å²) in [6, 6.07) is 0. The minimum absolute atomic E-state index is 0.574. The lowest BCUT2D eigenvalue weighted by Gasteiger charge is -2.17. The number of hydrogen-bond acceptors (Lipinski definition) is 8. The van der Waals surface area contributed by atoms with Crippen LogP contribution in [0.4, 0.5) is 10.2 Å². The molecule has 0 unspecified atom stereocenters. The molecule has 106 valence electrons. The topological polar surface area (TPSA) is 137 Å². The first-order valence-corrected chi connectivity index (χ1v) is 5.30. The van der Waals surface area contributed by atoms with E-state index < -0.39 is 48.5 Å². The SMILES string of the molecule is O=c1nc(NO)c(F)cn1[C@@H]1O[C@H](CO)[C@@H](O)[C@H]1O. The van der Waals surface area contributed by atoms with Crippen LogP contribution in [0.1, 0.15) is 6.23 Å². The van der Waals surface area contributed by atoms with Crippen molar-refractivity contribution < 1.29 is 29.7 Å². The maximum Gasteiger partial charge on any atom is 0.351 e. The van der Waals surface area contributed by atoms with E-state index in [1.807, 2.05) is 0 Å². The number of halogens is 1. The number of aliphatic hydroxyl groups is 3. The molecular formula is C9H12FN3O6. The number of rotatable bonds is 3. The Kier molecular flexibility index (Phi) is 3.78. The number of hydrogen-bond donors (Lipinski definition) is 5. The van der Waals surface area contributed by atoms with Gasteiger partial charge in [-0.05, 0) is 0 Å². The number of nitrogens with one attached hydrogen (secondary N) is 1. The monoisotopic (exact) mass is 277 g/mol. The van der Waals surface area contributed by atoms with Crippen molar-refractivity contribution in [3.05, 3.63) is 22.5 Å². The first-order chi connectivity index (χ1) is 8.99. The predicted molar refractivity (Wildman–Crippen MR) is 56.9 cm³/mol. The Morgan fingerprint density at radius 2 is 2.16 bits per heavy atom. The molecular weight excluding hydrogens is 265 g/mol. The van der Waals surface area contributed by atoms with Gasteiger partial charge in [0.25, 0.3) is 0 Å². The van der Waals surface area contributed by atoms with E-state index in [2.05, 4.69) is 4.98 Å². The summed E-state index contributed by atoms with van der Waals surface area (Å²) in [4.78, 5) is 14.8. The minimum atomic E-state index is -1.52. The molecule has 5 N–H and O–H groups in total. The molecule has 2 rings (SSSR count). The summed E-state index contributed by atoms with van der Waals surface area (Å²) < 4.78 is 19.1. The molecule has 1 fully saturated rings. The molecule has 0 radical (unpaired) electrons. The molecule has 9 nitrogen and oxygen atoms in total. The Labute approximate surface area is 105 Å². The number of aliphatic hydroxyl groups excluding tert-OH is 3. The van der Waals surface area contributed by atoms with E-state index in [9.17, 15) is 19.4 Å². The van der Waals surface area contributed by atoms with Crippen molar-refractivity contribution in [3.8, 4) is 0 Å². The van der Waals surface area contributed by atoms with Gasteiger partial charge in [0, 0.05) is 0 Å². The van der Waals surface area contributed by atoms with Gasteiger partial charge in [0.1, 0.15) is 18.3 Å². The zero-order valence-corrected chi connectivity index (χ0v) is 9.47. The molecule has 0 spiro atoms. The molecule has 0 bridgehead atoms. The zero-order valence-electron chi connectivity index (χ0n) is 9.47. The van der Waals surface area contributed by atoms with Crippen LogP contribution >= 0.6 is 0 Å². The summed E-state index contributed by atoms with van der Waals surface area (Å²) in [5.74, 6) is -1.73. The normalized spacial score (nSPS) is 30.6. The van der Waals surface area contributed by atoms with Gasteiger partial charge in [-0.25, -0.2) is 14.7 Å². The molecule has 1 aliphatic rings. The summed E-state index contributed by atoms with van der Waals surface area (Å²) >= 11 is 0. The average molecular weight is 277 g/mol. The summed E-state index contributed by atoms with van der Waals surface area (Å²) in [5, 5.41) is 36.7. The van der Waals surface area contributed by atoms with Gasteiger partial charge in [-0.3, -0.25) is 9.77 Å². The highest BCUT2D eigenvalue weighted by Gasteiger charge is 2.44. The lowest BCUT2D eigenvalue weighted by Crippen LogP contribution is -2.36. The van der Waals surface area contributed by atoms with Gasteiger partial charge in [0.2, 0.25) is 0 Å². The summed E-state index contributed by atoms with van der Waals surface area (Å²) in [6.07, 6.45) is -4.75. The van der Waals surface area contributed by atoms with Gasteiger partial charge in [0.15, 0.2) is 17.9 Å². The molecule has 4 atom stereocenters. The fraction of sp³-hybridized carbons (Fsp3) is 0.556. The van der Waals surface area contributed by atoms with E-state index in [0.29, 0.717) is 10.8 Å². The van der Waals surface area contributed by atoms with Crippen molar-refractivity contribution in [2.75, 3.05) is 12.1 Å². The second-order valence-electron chi connectivity index (χ2n) is 3.97. The Morgan fingerprint density at radius 3 is 2.68 bits per heavy atom. The van der Waals surface area contributed by atoms with Crippen LogP contribution in [0, 0.1) is 5.82 Å². The van der Waals surface area contributed by atoms with Crippen LogP contribution in [0.5, 0.6) is 0 Å². The molecule has 0 amide bonds. The van der Waals surface area contributed by atoms with E-state index in [1.165, 1.54) is 5.48 Å². The Bertz CT molecular complexity index is 523. The highest BCUT2D eigenvalue weighted by Crippen LogP contribution is 2.28. The third-order valence-corrected chi connectivity index (χ3v) is 2.80. The third kappa shape index (κ3) is 2.31. The Balaban J connectivity index is 2.38. The van der Waals surface area contributed by atoms with Crippen molar-refractivity contribution in [3.63, 3.8) is 0 Å². The van der Waals surface area contributed by atoms with Gasteiger partial charge in [-0.15, -0.1) is 0 Å². The number of anilines is 1. The van der Waals surface area contributed by atoms with Gasteiger partial charge >= 0.3 is 5.69 Å².